The highest BCUT2D eigenvalue weighted by Crippen LogP contribution is 2.35. The molecule has 0 radical (unpaired) electrons. The molecule has 0 saturated carbocycles. The molecule has 0 fully saturated rings. The van der Waals surface area contributed by atoms with Crippen LogP contribution in [0.5, 0.6) is 11.5 Å². The summed E-state index contributed by atoms with van der Waals surface area (Å²) in [7, 11) is 0. The van der Waals surface area contributed by atoms with Gasteiger partial charge in [-0.1, -0.05) is 25.0 Å². The first-order valence-electron chi connectivity index (χ1n) is 7.15. The fraction of sp³-hybridized carbons (Fsp3) is 0.533. The second-order valence-electron chi connectivity index (χ2n) is 4.88. The third-order valence-electron chi connectivity index (χ3n) is 3.31. The number of ether oxygens (including phenoxy) is 2. The van der Waals surface area contributed by atoms with Crippen LogP contribution in [0.15, 0.2) is 18.2 Å². The predicted octanol–water partition coefficient (Wildman–Crippen LogP) is 2.36. The lowest BCUT2D eigenvalue weighted by atomic mass is 10.1. The molecular weight excluding hydrogens is 292 g/mol. The Morgan fingerprint density at radius 1 is 1.19 bits per heavy atom. The van der Waals surface area contributed by atoms with E-state index in [0.29, 0.717) is 13.0 Å². The fourth-order valence-corrected chi connectivity index (χ4v) is 2.20. The van der Waals surface area contributed by atoms with E-state index in [9.17, 15) is 4.79 Å². The van der Waals surface area contributed by atoms with Crippen LogP contribution in [0.1, 0.15) is 37.7 Å². The van der Waals surface area contributed by atoms with Crippen LogP contribution in [0.4, 0.5) is 0 Å². The molecule has 1 aromatic carbocycles. The number of halogens is 1. The number of hydrogen-bond acceptors (Lipinski definition) is 4. The van der Waals surface area contributed by atoms with Gasteiger partial charge in [0.2, 0.25) is 12.7 Å². The summed E-state index contributed by atoms with van der Waals surface area (Å²) in [6.07, 6.45) is 4.67. The molecule has 118 valence electrons. The van der Waals surface area contributed by atoms with Gasteiger partial charge in [0, 0.05) is 18.5 Å². The number of nitrogens with one attached hydrogen (secondary N) is 1. The number of carbonyl (C=O) groups excluding carboxylic acids is 1. The van der Waals surface area contributed by atoms with E-state index in [1.54, 1.807) is 0 Å². The Kier molecular flexibility index (Phi) is 7.93. The van der Waals surface area contributed by atoms with Crippen LogP contribution in [0.3, 0.4) is 0 Å². The van der Waals surface area contributed by atoms with Gasteiger partial charge in [-0.3, -0.25) is 4.79 Å². The molecule has 3 N–H and O–H groups in total. The second-order valence-corrected chi connectivity index (χ2v) is 4.88. The maximum atomic E-state index is 11.7. The van der Waals surface area contributed by atoms with Gasteiger partial charge in [0.15, 0.2) is 11.5 Å². The lowest BCUT2D eigenvalue weighted by molar-refractivity contribution is -0.121. The molecule has 0 saturated heterocycles. The number of nitrogens with two attached hydrogens (primary N) is 1. The normalized spacial score (nSPS) is 11.9. The van der Waals surface area contributed by atoms with Gasteiger partial charge in [-0.2, -0.15) is 0 Å². The minimum atomic E-state index is 0. The molecule has 1 amide bonds. The zero-order valence-corrected chi connectivity index (χ0v) is 12.9. The van der Waals surface area contributed by atoms with Crippen LogP contribution in [0.25, 0.3) is 0 Å². The summed E-state index contributed by atoms with van der Waals surface area (Å²) in [5.41, 5.74) is 6.38. The van der Waals surface area contributed by atoms with Crippen molar-refractivity contribution >= 4 is 18.3 Å². The Morgan fingerprint density at radius 2 is 2.00 bits per heavy atom. The average molecular weight is 315 g/mol. The zero-order valence-electron chi connectivity index (χ0n) is 12.1. The number of unbranched alkanes of at least 4 members (excludes halogenated alkanes) is 3. The molecule has 1 aliphatic heterocycles. The Hall–Kier alpha value is -1.46. The minimum absolute atomic E-state index is 0. The summed E-state index contributed by atoms with van der Waals surface area (Å²) < 4.78 is 10.7. The van der Waals surface area contributed by atoms with Crippen molar-refractivity contribution in [3.05, 3.63) is 23.8 Å². The van der Waals surface area contributed by atoms with Crippen molar-refractivity contribution in [3.63, 3.8) is 0 Å². The number of rotatable bonds is 8. The van der Waals surface area contributed by atoms with E-state index in [2.05, 4.69) is 5.32 Å². The van der Waals surface area contributed by atoms with Crippen LogP contribution in [-0.4, -0.2) is 19.2 Å². The van der Waals surface area contributed by atoms with Crippen molar-refractivity contribution in [3.8, 4) is 11.5 Å². The first-order chi connectivity index (χ1) is 9.81. The van der Waals surface area contributed by atoms with E-state index < -0.39 is 0 Å². The smallest absolute Gasteiger partial charge is 0.231 e. The highest BCUT2D eigenvalue weighted by atomic mass is 35.5. The molecular formula is C15H23ClN2O3. The molecule has 1 heterocycles. The molecule has 2 rings (SSSR count). The topological polar surface area (TPSA) is 73.6 Å². The minimum Gasteiger partial charge on any atom is -0.454 e. The maximum Gasteiger partial charge on any atom is 0.231 e. The first-order valence-corrected chi connectivity index (χ1v) is 7.15. The van der Waals surface area contributed by atoms with Crippen molar-refractivity contribution in [2.75, 3.05) is 13.3 Å². The monoisotopic (exact) mass is 314 g/mol. The van der Waals surface area contributed by atoms with Crippen molar-refractivity contribution < 1.29 is 14.3 Å². The molecule has 0 bridgehead atoms. The van der Waals surface area contributed by atoms with Gasteiger partial charge in [-0.15, -0.1) is 12.4 Å². The summed E-state index contributed by atoms with van der Waals surface area (Å²) in [4.78, 5) is 11.7. The van der Waals surface area contributed by atoms with Gasteiger partial charge < -0.3 is 20.5 Å². The third-order valence-corrected chi connectivity index (χ3v) is 3.31. The molecule has 21 heavy (non-hydrogen) atoms. The number of hydrogen-bond donors (Lipinski definition) is 2. The number of para-hydroxylation sites is 1. The first kappa shape index (κ1) is 17.6. The average Bonchev–Trinajstić information content (AvgIpc) is 2.94. The van der Waals surface area contributed by atoms with Gasteiger partial charge in [-0.25, -0.2) is 0 Å². The van der Waals surface area contributed by atoms with E-state index >= 15 is 0 Å². The summed E-state index contributed by atoms with van der Waals surface area (Å²) in [5, 5.41) is 2.92. The summed E-state index contributed by atoms with van der Waals surface area (Å²) in [6, 6.07) is 5.71. The van der Waals surface area contributed by atoms with E-state index in [-0.39, 0.29) is 25.1 Å². The number of carbonyl (C=O) groups is 1. The Balaban J connectivity index is 0.00000220. The molecule has 1 aromatic rings. The van der Waals surface area contributed by atoms with Crippen LogP contribution >= 0.6 is 12.4 Å². The summed E-state index contributed by atoms with van der Waals surface area (Å²) in [5.74, 6) is 1.57. The third kappa shape index (κ3) is 5.44. The molecule has 5 nitrogen and oxygen atoms in total. The standard InChI is InChI=1S/C15H22N2O3.ClH/c16-9-4-2-1-3-8-14(18)17-10-12-6-5-7-13-15(12)20-11-19-13;/h5-7H,1-4,8-11,16H2,(H,17,18);1H. The predicted molar refractivity (Wildman–Crippen MR) is 83.8 cm³/mol. The molecule has 0 atom stereocenters. The Morgan fingerprint density at radius 3 is 2.81 bits per heavy atom. The van der Waals surface area contributed by atoms with Crippen LogP contribution in [-0.2, 0) is 11.3 Å². The van der Waals surface area contributed by atoms with E-state index in [1.165, 1.54) is 0 Å². The maximum absolute atomic E-state index is 11.7. The number of benzene rings is 1. The molecule has 0 spiro atoms. The molecule has 6 heteroatoms. The van der Waals surface area contributed by atoms with Gasteiger partial charge in [0.25, 0.3) is 0 Å². The van der Waals surface area contributed by atoms with Crippen molar-refractivity contribution in [2.24, 2.45) is 5.73 Å². The lowest BCUT2D eigenvalue weighted by Gasteiger charge is -2.08. The highest BCUT2D eigenvalue weighted by molar-refractivity contribution is 5.85. The van der Waals surface area contributed by atoms with E-state index in [4.69, 9.17) is 15.2 Å². The summed E-state index contributed by atoms with van der Waals surface area (Å²) in [6.45, 7) is 1.46. The van der Waals surface area contributed by atoms with Crippen molar-refractivity contribution in [2.45, 2.75) is 38.6 Å². The van der Waals surface area contributed by atoms with Crippen LogP contribution < -0.4 is 20.5 Å². The Labute approximate surface area is 131 Å². The lowest BCUT2D eigenvalue weighted by Crippen LogP contribution is -2.22. The second kappa shape index (κ2) is 9.47. The van der Waals surface area contributed by atoms with Gasteiger partial charge in [0.1, 0.15) is 0 Å². The molecule has 0 aromatic heterocycles. The SMILES string of the molecule is Cl.NCCCCCCC(=O)NCc1cccc2c1OCO2. The largest absolute Gasteiger partial charge is 0.454 e. The van der Waals surface area contributed by atoms with Crippen LogP contribution in [0, 0.1) is 0 Å². The van der Waals surface area contributed by atoms with E-state index in [1.807, 2.05) is 18.2 Å². The van der Waals surface area contributed by atoms with Gasteiger partial charge >= 0.3 is 0 Å². The summed E-state index contributed by atoms with van der Waals surface area (Å²) >= 11 is 0. The van der Waals surface area contributed by atoms with Crippen LogP contribution in [0.2, 0.25) is 0 Å². The molecule has 0 aliphatic carbocycles. The number of amides is 1. The van der Waals surface area contributed by atoms with E-state index in [0.717, 1.165) is 49.3 Å². The van der Waals surface area contributed by atoms with Crippen molar-refractivity contribution in [1.29, 1.82) is 0 Å². The fourth-order valence-electron chi connectivity index (χ4n) is 2.20. The molecule has 1 aliphatic rings. The van der Waals surface area contributed by atoms with Crippen molar-refractivity contribution in [1.82, 2.24) is 5.32 Å². The van der Waals surface area contributed by atoms with Gasteiger partial charge in [-0.05, 0) is 25.5 Å². The molecule has 0 unspecified atom stereocenters. The Bertz CT molecular complexity index is 455. The zero-order chi connectivity index (χ0) is 14.2. The quantitative estimate of drug-likeness (QED) is 0.722. The number of fused-ring (bicyclic) bond motifs is 1. The van der Waals surface area contributed by atoms with Gasteiger partial charge in [0.05, 0.1) is 0 Å². The highest BCUT2D eigenvalue weighted by Gasteiger charge is 2.17.